The van der Waals surface area contributed by atoms with Crippen molar-refractivity contribution >= 4 is 11.5 Å². The molecule has 0 saturated heterocycles. The molecule has 0 amide bonds. The molecule has 0 aliphatic heterocycles. The van der Waals surface area contributed by atoms with Crippen LogP contribution in [0.15, 0.2) is 18.3 Å². The minimum atomic E-state index is 0.0659. The summed E-state index contributed by atoms with van der Waals surface area (Å²) in [5.41, 5.74) is 6.12. The van der Waals surface area contributed by atoms with Gasteiger partial charge in [0.1, 0.15) is 5.82 Å². The molecule has 1 heterocycles. The third-order valence-corrected chi connectivity index (χ3v) is 1.85. The Morgan fingerprint density at radius 2 is 2.38 bits per heavy atom. The van der Waals surface area contributed by atoms with Crippen LogP contribution < -0.4 is 11.1 Å². The van der Waals surface area contributed by atoms with E-state index in [-0.39, 0.29) is 12.6 Å². The number of anilines is 2. The summed E-state index contributed by atoms with van der Waals surface area (Å²) in [6, 6.07) is 3.64. The lowest BCUT2D eigenvalue weighted by Crippen LogP contribution is -2.23. The van der Waals surface area contributed by atoms with Gasteiger partial charge >= 0.3 is 0 Å². The molecular weight excluding hydrogens is 166 g/mol. The van der Waals surface area contributed by atoms with E-state index in [9.17, 15) is 0 Å². The first-order valence-electron chi connectivity index (χ1n) is 4.35. The van der Waals surface area contributed by atoms with Crippen LogP contribution in [-0.2, 0) is 0 Å². The molecule has 0 aromatic carbocycles. The Hall–Kier alpha value is -1.29. The molecule has 1 atom stereocenters. The zero-order valence-corrected chi connectivity index (χ0v) is 7.70. The summed E-state index contributed by atoms with van der Waals surface area (Å²) < 4.78 is 0. The number of hydrogen-bond donors (Lipinski definition) is 3. The highest BCUT2D eigenvalue weighted by Crippen LogP contribution is 2.08. The molecule has 1 rings (SSSR count). The van der Waals surface area contributed by atoms with E-state index < -0.39 is 0 Å². The molecule has 1 aromatic rings. The van der Waals surface area contributed by atoms with Gasteiger partial charge in [-0.15, -0.1) is 0 Å². The van der Waals surface area contributed by atoms with Crippen molar-refractivity contribution in [3.05, 3.63) is 18.3 Å². The van der Waals surface area contributed by atoms with Gasteiger partial charge in [-0.25, -0.2) is 4.98 Å². The number of nitrogens with zero attached hydrogens (tertiary/aromatic N) is 1. The molecule has 4 heteroatoms. The molecule has 0 bridgehead atoms. The Morgan fingerprint density at radius 3 is 2.85 bits per heavy atom. The smallest absolute Gasteiger partial charge is 0.126 e. The van der Waals surface area contributed by atoms with Gasteiger partial charge in [-0.1, -0.05) is 6.92 Å². The number of nitrogens with one attached hydrogen (secondary N) is 1. The first-order chi connectivity index (χ1) is 6.26. The summed E-state index contributed by atoms with van der Waals surface area (Å²) in [5.74, 6) is 0.745. The second kappa shape index (κ2) is 4.67. The molecule has 0 aliphatic carbocycles. The van der Waals surface area contributed by atoms with Gasteiger partial charge in [-0.05, 0) is 18.6 Å². The molecule has 4 nitrogen and oxygen atoms in total. The number of pyridine rings is 1. The zero-order valence-electron chi connectivity index (χ0n) is 7.70. The van der Waals surface area contributed by atoms with Crippen LogP contribution in [0, 0.1) is 0 Å². The van der Waals surface area contributed by atoms with Crippen molar-refractivity contribution in [3.63, 3.8) is 0 Å². The van der Waals surface area contributed by atoms with Gasteiger partial charge in [0, 0.05) is 0 Å². The van der Waals surface area contributed by atoms with Crippen molar-refractivity contribution in [3.8, 4) is 0 Å². The highest BCUT2D eigenvalue weighted by Gasteiger charge is 2.03. The minimum absolute atomic E-state index is 0.0659. The van der Waals surface area contributed by atoms with Crippen molar-refractivity contribution in [2.75, 3.05) is 17.7 Å². The highest BCUT2D eigenvalue weighted by atomic mass is 16.3. The largest absolute Gasteiger partial charge is 0.397 e. The maximum absolute atomic E-state index is 8.93. The number of aliphatic hydroxyl groups excluding tert-OH is 1. The quantitative estimate of drug-likeness (QED) is 0.644. The van der Waals surface area contributed by atoms with E-state index in [1.54, 1.807) is 18.3 Å². The summed E-state index contributed by atoms with van der Waals surface area (Å²) in [6.07, 6.45) is 2.45. The number of aliphatic hydroxyl groups is 1. The molecule has 0 aliphatic rings. The van der Waals surface area contributed by atoms with Gasteiger partial charge in [-0.3, -0.25) is 0 Å². The number of nitrogens with two attached hydrogens (primary N) is 1. The normalized spacial score (nSPS) is 12.5. The van der Waals surface area contributed by atoms with Crippen LogP contribution in [0.5, 0.6) is 0 Å². The van der Waals surface area contributed by atoms with E-state index in [0.29, 0.717) is 5.69 Å². The van der Waals surface area contributed by atoms with Gasteiger partial charge in [0.15, 0.2) is 0 Å². The summed E-state index contributed by atoms with van der Waals surface area (Å²) in [7, 11) is 0. The zero-order chi connectivity index (χ0) is 9.68. The SMILES string of the molecule is CCC(CO)Nc1ccc(N)cn1. The summed E-state index contributed by atoms with van der Waals surface area (Å²) in [6.45, 7) is 2.12. The van der Waals surface area contributed by atoms with Gasteiger partial charge in [0.25, 0.3) is 0 Å². The van der Waals surface area contributed by atoms with Crippen LogP contribution in [0.2, 0.25) is 0 Å². The van der Waals surface area contributed by atoms with E-state index in [1.165, 1.54) is 0 Å². The van der Waals surface area contributed by atoms with Gasteiger partial charge in [0.05, 0.1) is 24.5 Å². The average Bonchev–Trinajstić information content (AvgIpc) is 2.17. The fourth-order valence-electron chi connectivity index (χ4n) is 0.977. The summed E-state index contributed by atoms with van der Waals surface area (Å²) in [4.78, 5) is 4.07. The molecule has 0 saturated carbocycles. The second-order valence-electron chi connectivity index (χ2n) is 2.91. The van der Waals surface area contributed by atoms with Gasteiger partial charge in [0.2, 0.25) is 0 Å². The second-order valence-corrected chi connectivity index (χ2v) is 2.91. The molecule has 0 radical (unpaired) electrons. The Kier molecular flexibility index (Phi) is 3.52. The average molecular weight is 181 g/mol. The molecule has 0 spiro atoms. The summed E-state index contributed by atoms with van der Waals surface area (Å²) >= 11 is 0. The lowest BCUT2D eigenvalue weighted by molar-refractivity contribution is 0.271. The fraction of sp³-hybridized carbons (Fsp3) is 0.444. The molecule has 1 unspecified atom stereocenters. The Labute approximate surface area is 77.8 Å². The Balaban J connectivity index is 2.58. The van der Waals surface area contributed by atoms with Crippen molar-refractivity contribution in [2.45, 2.75) is 19.4 Å². The Morgan fingerprint density at radius 1 is 1.62 bits per heavy atom. The van der Waals surface area contributed by atoms with E-state index in [2.05, 4.69) is 10.3 Å². The summed E-state index contributed by atoms with van der Waals surface area (Å²) in [5, 5.41) is 12.0. The van der Waals surface area contributed by atoms with Gasteiger partial charge in [-0.2, -0.15) is 0 Å². The number of aromatic nitrogens is 1. The number of rotatable bonds is 4. The first-order valence-corrected chi connectivity index (χ1v) is 4.35. The van der Waals surface area contributed by atoms with Crippen molar-refractivity contribution in [2.24, 2.45) is 0 Å². The Bertz CT molecular complexity index is 244. The maximum atomic E-state index is 8.93. The fourth-order valence-corrected chi connectivity index (χ4v) is 0.977. The van der Waals surface area contributed by atoms with Gasteiger partial charge < -0.3 is 16.2 Å². The van der Waals surface area contributed by atoms with Crippen molar-refractivity contribution in [1.29, 1.82) is 0 Å². The molecule has 13 heavy (non-hydrogen) atoms. The lowest BCUT2D eigenvalue weighted by atomic mass is 10.2. The lowest BCUT2D eigenvalue weighted by Gasteiger charge is -2.14. The molecule has 0 fully saturated rings. The van der Waals surface area contributed by atoms with Crippen molar-refractivity contribution < 1.29 is 5.11 Å². The third kappa shape index (κ3) is 2.91. The van der Waals surface area contributed by atoms with Crippen LogP contribution >= 0.6 is 0 Å². The predicted molar refractivity (Wildman–Crippen MR) is 53.4 cm³/mol. The molecular formula is C9H15N3O. The van der Waals surface area contributed by atoms with Crippen LogP contribution in [-0.4, -0.2) is 22.7 Å². The number of hydrogen-bond acceptors (Lipinski definition) is 4. The van der Waals surface area contributed by atoms with Crippen LogP contribution in [0.1, 0.15) is 13.3 Å². The standard InChI is InChI=1S/C9H15N3O/c1-2-8(6-13)12-9-4-3-7(10)5-11-9/h3-5,8,13H,2,6,10H2,1H3,(H,11,12). The van der Waals surface area contributed by atoms with Crippen LogP contribution in [0.25, 0.3) is 0 Å². The molecule has 4 N–H and O–H groups in total. The maximum Gasteiger partial charge on any atom is 0.126 e. The number of nitrogen functional groups attached to an aromatic ring is 1. The monoisotopic (exact) mass is 181 g/mol. The predicted octanol–water partition coefficient (Wildman–Crippen LogP) is 0.847. The topological polar surface area (TPSA) is 71.2 Å². The van der Waals surface area contributed by atoms with E-state index in [1.807, 2.05) is 6.92 Å². The van der Waals surface area contributed by atoms with Crippen LogP contribution in [0.4, 0.5) is 11.5 Å². The third-order valence-electron chi connectivity index (χ3n) is 1.85. The molecule has 72 valence electrons. The van der Waals surface area contributed by atoms with E-state index in [0.717, 1.165) is 12.2 Å². The first kappa shape index (κ1) is 9.80. The van der Waals surface area contributed by atoms with E-state index in [4.69, 9.17) is 10.8 Å². The van der Waals surface area contributed by atoms with Crippen molar-refractivity contribution in [1.82, 2.24) is 4.98 Å². The minimum Gasteiger partial charge on any atom is -0.397 e. The van der Waals surface area contributed by atoms with E-state index >= 15 is 0 Å². The molecule has 1 aromatic heterocycles. The van der Waals surface area contributed by atoms with Crippen LogP contribution in [0.3, 0.4) is 0 Å². The highest BCUT2D eigenvalue weighted by molar-refractivity contribution is 5.44.